The van der Waals surface area contributed by atoms with Crippen molar-refractivity contribution < 1.29 is 23.0 Å². The minimum absolute atomic E-state index is 0.0114. The first-order valence-corrected chi connectivity index (χ1v) is 11.8. The summed E-state index contributed by atoms with van der Waals surface area (Å²) >= 11 is 0. The molecule has 0 N–H and O–H groups in total. The number of carbonyl (C=O) groups excluding carboxylic acids is 1. The van der Waals surface area contributed by atoms with Gasteiger partial charge in [-0.3, -0.25) is 9.69 Å². The van der Waals surface area contributed by atoms with Crippen LogP contribution in [0.2, 0.25) is 0 Å². The predicted octanol–water partition coefficient (Wildman–Crippen LogP) is 4.82. The van der Waals surface area contributed by atoms with Crippen molar-refractivity contribution in [2.75, 3.05) is 27.3 Å². The van der Waals surface area contributed by atoms with Gasteiger partial charge in [0, 0.05) is 35.8 Å². The van der Waals surface area contributed by atoms with Gasteiger partial charge in [-0.1, -0.05) is 24.0 Å². The lowest BCUT2D eigenvalue weighted by molar-refractivity contribution is -0.0507. The fourth-order valence-corrected chi connectivity index (χ4v) is 5.11. The van der Waals surface area contributed by atoms with Crippen molar-refractivity contribution in [1.29, 1.82) is 0 Å². The SMILES string of the molecule is CN(C)[C@@H]1CC(c2c(C=O)cccc2OC(F)F)n2c1nc1ccc(C#CC3CCOCC3)cc12. The minimum Gasteiger partial charge on any atom is -0.434 e. The molecule has 6 nitrogen and oxygen atoms in total. The molecular formula is C27H27F2N3O3. The number of fused-ring (bicyclic) bond motifs is 3. The molecule has 1 fully saturated rings. The normalized spacial score (nSPS) is 20.2. The van der Waals surface area contributed by atoms with E-state index in [1.165, 1.54) is 6.07 Å². The van der Waals surface area contributed by atoms with Crippen LogP contribution < -0.4 is 4.74 Å². The van der Waals surface area contributed by atoms with Crippen molar-refractivity contribution in [3.63, 3.8) is 0 Å². The van der Waals surface area contributed by atoms with E-state index >= 15 is 0 Å². The van der Waals surface area contributed by atoms with Gasteiger partial charge in [0.2, 0.25) is 0 Å². The summed E-state index contributed by atoms with van der Waals surface area (Å²) in [7, 11) is 3.92. The molecule has 0 radical (unpaired) electrons. The Morgan fingerprint density at radius 3 is 2.74 bits per heavy atom. The van der Waals surface area contributed by atoms with Crippen LogP contribution >= 0.6 is 0 Å². The van der Waals surface area contributed by atoms with Crippen LogP contribution in [0.4, 0.5) is 8.78 Å². The first-order chi connectivity index (χ1) is 17.0. The van der Waals surface area contributed by atoms with E-state index < -0.39 is 12.7 Å². The number of halogens is 2. The van der Waals surface area contributed by atoms with Gasteiger partial charge in [0.1, 0.15) is 11.6 Å². The average Bonchev–Trinajstić information content (AvgIpc) is 3.40. The number of nitrogens with zero attached hydrogens (tertiary/aromatic N) is 3. The topological polar surface area (TPSA) is 56.6 Å². The maximum absolute atomic E-state index is 13.2. The van der Waals surface area contributed by atoms with Gasteiger partial charge in [0.25, 0.3) is 0 Å². The van der Waals surface area contributed by atoms with Gasteiger partial charge in [-0.15, -0.1) is 0 Å². The largest absolute Gasteiger partial charge is 0.434 e. The number of alkyl halides is 2. The van der Waals surface area contributed by atoms with Gasteiger partial charge >= 0.3 is 6.61 Å². The third-order valence-corrected chi connectivity index (χ3v) is 6.81. The van der Waals surface area contributed by atoms with E-state index in [2.05, 4.69) is 21.3 Å². The summed E-state index contributed by atoms with van der Waals surface area (Å²) < 4.78 is 38.8. The Kier molecular flexibility index (Phi) is 6.54. The van der Waals surface area contributed by atoms with Crippen LogP contribution in [0.3, 0.4) is 0 Å². The molecule has 35 heavy (non-hydrogen) atoms. The molecule has 2 aliphatic heterocycles. The number of imidazole rings is 1. The van der Waals surface area contributed by atoms with Gasteiger partial charge in [-0.2, -0.15) is 8.78 Å². The van der Waals surface area contributed by atoms with E-state index in [9.17, 15) is 13.6 Å². The zero-order chi connectivity index (χ0) is 24.5. The molecule has 182 valence electrons. The molecule has 2 aliphatic rings. The van der Waals surface area contributed by atoms with Crippen molar-refractivity contribution in [1.82, 2.24) is 14.5 Å². The number of rotatable bonds is 5. The van der Waals surface area contributed by atoms with Crippen LogP contribution in [-0.2, 0) is 4.74 Å². The van der Waals surface area contributed by atoms with Gasteiger partial charge in [-0.25, -0.2) is 4.98 Å². The predicted molar refractivity (Wildman–Crippen MR) is 128 cm³/mol. The maximum atomic E-state index is 13.2. The quantitative estimate of drug-likeness (QED) is 0.388. The summed E-state index contributed by atoms with van der Waals surface area (Å²) in [5, 5.41) is 0. The molecule has 2 aromatic carbocycles. The molecule has 1 saturated heterocycles. The smallest absolute Gasteiger partial charge is 0.387 e. The Morgan fingerprint density at radius 2 is 2.03 bits per heavy atom. The second-order valence-electron chi connectivity index (χ2n) is 9.19. The number of ether oxygens (including phenoxy) is 2. The molecule has 2 atom stereocenters. The summed E-state index contributed by atoms with van der Waals surface area (Å²) in [6.07, 6.45) is 3.13. The summed E-state index contributed by atoms with van der Waals surface area (Å²) in [6.45, 7) is -1.52. The zero-order valence-electron chi connectivity index (χ0n) is 19.7. The fraction of sp³-hybridized carbons (Fsp3) is 0.407. The molecule has 3 heterocycles. The van der Waals surface area contributed by atoms with E-state index in [1.54, 1.807) is 12.1 Å². The van der Waals surface area contributed by atoms with Crippen molar-refractivity contribution in [2.24, 2.45) is 5.92 Å². The lowest BCUT2D eigenvalue weighted by Crippen LogP contribution is -2.18. The molecule has 0 aliphatic carbocycles. The summed E-state index contributed by atoms with van der Waals surface area (Å²) in [5.74, 6) is 7.82. The zero-order valence-corrected chi connectivity index (χ0v) is 19.7. The number of hydrogen-bond acceptors (Lipinski definition) is 5. The highest BCUT2D eigenvalue weighted by Crippen LogP contribution is 2.46. The molecule has 0 saturated carbocycles. The fourth-order valence-electron chi connectivity index (χ4n) is 5.11. The van der Waals surface area contributed by atoms with Crippen LogP contribution in [-0.4, -0.2) is 54.7 Å². The molecule has 1 aromatic heterocycles. The Bertz CT molecular complexity index is 1300. The lowest BCUT2D eigenvalue weighted by atomic mass is 9.96. The van der Waals surface area contributed by atoms with Crippen LogP contribution in [0.1, 0.15) is 58.7 Å². The molecular weight excluding hydrogens is 452 g/mol. The van der Waals surface area contributed by atoms with Crippen molar-refractivity contribution >= 4 is 17.3 Å². The van der Waals surface area contributed by atoms with E-state index in [4.69, 9.17) is 14.5 Å². The highest BCUT2D eigenvalue weighted by atomic mass is 19.3. The Labute approximate surface area is 202 Å². The van der Waals surface area contributed by atoms with Crippen LogP contribution in [0.25, 0.3) is 11.0 Å². The number of aromatic nitrogens is 2. The Hall–Kier alpha value is -3.28. The second-order valence-corrected chi connectivity index (χ2v) is 9.19. The molecule has 1 unspecified atom stereocenters. The third-order valence-electron chi connectivity index (χ3n) is 6.81. The minimum atomic E-state index is -2.99. The maximum Gasteiger partial charge on any atom is 0.387 e. The van der Waals surface area contributed by atoms with Gasteiger partial charge in [0.15, 0.2) is 6.29 Å². The number of benzene rings is 2. The first kappa shape index (κ1) is 23.5. The van der Waals surface area contributed by atoms with Crippen molar-refractivity contribution in [2.45, 2.75) is 38.0 Å². The van der Waals surface area contributed by atoms with E-state index in [1.807, 2.05) is 32.3 Å². The molecule has 0 amide bonds. The highest BCUT2D eigenvalue weighted by molar-refractivity contribution is 5.82. The third kappa shape index (κ3) is 4.54. The standard InChI is InChI=1S/C27H27F2N3O3/c1-31(2)23-15-22(25-19(16-33)4-3-5-24(25)35-27(28)29)32-21-14-18(8-9-20(21)30-26(23)32)7-6-17-10-12-34-13-11-17/h3-5,8-9,14,16-17,22-23,27H,10-13,15H2,1-2H3/t22?,23-/m1/s1. The Morgan fingerprint density at radius 1 is 1.23 bits per heavy atom. The van der Waals surface area contributed by atoms with Crippen LogP contribution in [0.15, 0.2) is 36.4 Å². The van der Waals surface area contributed by atoms with Crippen LogP contribution in [0.5, 0.6) is 5.75 Å². The molecule has 3 aromatic rings. The number of hydrogen-bond donors (Lipinski definition) is 0. The molecule has 5 rings (SSSR count). The summed E-state index contributed by atoms with van der Waals surface area (Å²) in [4.78, 5) is 18.9. The average molecular weight is 480 g/mol. The van der Waals surface area contributed by atoms with Crippen molar-refractivity contribution in [3.05, 3.63) is 58.9 Å². The summed E-state index contributed by atoms with van der Waals surface area (Å²) in [5.41, 5.74) is 3.30. The molecule has 0 spiro atoms. The van der Waals surface area contributed by atoms with E-state index in [-0.39, 0.29) is 11.8 Å². The van der Waals surface area contributed by atoms with Gasteiger partial charge < -0.3 is 14.0 Å². The van der Waals surface area contributed by atoms with Crippen LogP contribution in [0, 0.1) is 17.8 Å². The first-order valence-electron chi connectivity index (χ1n) is 11.8. The van der Waals surface area contributed by atoms with Gasteiger partial charge in [-0.05, 0) is 57.6 Å². The van der Waals surface area contributed by atoms with Crippen molar-refractivity contribution in [3.8, 4) is 17.6 Å². The van der Waals surface area contributed by atoms with E-state index in [0.29, 0.717) is 29.8 Å². The monoisotopic (exact) mass is 479 g/mol. The molecule has 0 bridgehead atoms. The highest BCUT2D eigenvalue weighted by Gasteiger charge is 2.38. The number of aldehydes is 1. The number of carbonyl (C=O) groups is 1. The molecule has 8 heteroatoms. The summed E-state index contributed by atoms with van der Waals surface area (Å²) in [6, 6.07) is 10.1. The van der Waals surface area contributed by atoms with E-state index in [0.717, 1.165) is 48.5 Å². The second kappa shape index (κ2) is 9.76. The Balaban J connectivity index is 1.63. The lowest BCUT2D eigenvalue weighted by Gasteiger charge is -2.22. The van der Waals surface area contributed by atoms with Gasteiger partial charge in [0.05, 0.1) is 23.1 Å².